The van der Waals surface area contributed by atoms with E-state index >= 15 is 0 Å². The summed E-state index contributed by atoms with van der Waals surface area (Å²) in [6, 6.07) is 7.87. The van der Waals surface area contributed by atoms with Gasteiger partial charge in [-0.3, -0.25) is 0 Å². The predicted molar refractivity (Wildman–Crippen MR) is 81.0 cm³/mol. The third-order valence-electron chi connectivity index (χ3n) is 3.26. The van der Waals surface area contributed by atoms with Crippen molar-refractivity contribution in [3.05, 3.63) is 29.8 Å². The van der Waals surface area contributed by atoms with Crippen molar-refractivity contribution < 1.29 is 14.2 Å². The summed E-state index contributed by atoms with van der Waals surface area (Å²) in [6.45, 7) is 6.77. The Bertz CT molecular complexity index is 362. The molecule has 20 heavy (non-hydrogen) atoms. The van der Waals surface area contributed by atoms with Gasteiger partial charge in [-0.15, -0.1) is 0 Å². The Morgan fingerprint density at radius 2 is 1.75 bits per heavy atom. The van der Waals surface area contributed by atoms with Crippen molar-refractivity contribution in [2.24, 2.45) is 5.73 Å². The van der Waals surface area contributed by atoms with Gasteiger partial charge in [0, 0.05) is 33.3 Å². The van der Waals surface area contributed by atoms with Gasteiger partial charge in [-0.1, -0.05) is 12.1 Å². The highest BCUT2D eigenvalue weighted by Gasteiger charge is 2.15. The van der Waals surface area contributed by atoms with E-state index in [1.165, 1.54) is 0 Å². The zero-order valence-corrected chi connectivity index (χ0v) is 12.9. The van der Waals surface area contributed by atoms with Gasteiger partial charge in [-0.2, -0.15) is 0 Å². The van der Waals surface area contributed by atoms with Crippen molar-refractivity contribution in [1.29, 1.82) is 0 Å². The van der Waals surface area contributed by atoms with Crippen LogP contribution < -0.4 is 10.5 Å². The van der Waals surface area contributed by atoms with Crippen LogP contribution in [0.1, 0.15) is 32.3 Å². The van der Waals surface area contributed by atoms with Gasteiger partial charge in [0.25, 0.3) is 0 Å². The first kappa shape index (κ1) is 17.0. The number of rotatable bonds is 10. The summed E-state index contributed by atoms with van der Waals surface area (Å²) in [7, 11) is 1.73. The van der Waals surface area contributed by atoms with Crippen LogP contribution >= 0.6 is 0 Å². The van der Waals surface area contributed by atoms with E-state index in [1.807, 2.05) is 24.3 Å². The Kier molecular flexibility index (Phi) is 7.59. The Morgan fingerprint density at radius 1 is 1.05 bits per heavy atom. The van der Waals surface area contributed by atoms with Crippen LogP contribution in [0.4, 0.5) is 0 Å². The first-order valence-corrected chi connectivity index (χ1v) is 7.12. The molecule has 4 heteroatoms. The van der Waals surface area contributed by atoms with Crippen molar-refractivity contribution in [2.45, 2.75) is 38.8 Å². The molecule has 2 N–H and O–H groups in total. The lowest BCUT2D eigenvalue weighted by Gasteiger charge is -2.22. The Morgan fingerprint density at radius 3 is 2.35 bits per heavy atom. The highest BCUT2D eigenvalue weighted by Crippen LogP contribution is 2.13. The van der Waals surface area contributed by atoms with E-state index in [9.17, 15) is 0 Å². The maximum atomic E-state index is 5.63. The van der Waals surface area contributed by atoms with Gasteiger partial charge in [0.05, 0.1) is 12.2 Å². The summed E-state index contributed by atoms with van der Waals surface area (Å²) in [5, 5.41) is 0. The van der Waals surface area contributed by atoms with Crippen LogP contribution in [0.5, 0.6) is 5.75 Å². The Labute approximate surface area is 122 Å². The van der Waals surface area contributed by atoms with E-state index in [1.54, 1.807) is 7.11 Å². The number of methoxy groups -OCH3 is 1. The second-order valence-electron chi connectivity index (χ2n) is 5.38. The molecule has 4 nitrogen and oxygen atoms in total. The number of ether oxygens (including phenoxy) is 3. The fourth-order valence-electron chi connectivity index (χ4n) is 1.59. The first-order chi connectivity index (χ1) is 9.57. The second-order valence-corrected chi connectivity index (χ2v) is 5.38. The molecule has 0 saturated carbocycles. The smallest absolute Gasteiger partial charge is 0.119 e. The van der Waals surface area contributed by atoms with Gasteiger partial charge in [-0.05, 0) is 38.0 Å². The fraction of sp³-hybridized carbons (Fsp3) is 0.625. The van der Waals surface area contributed by atoms with Crippen LogP contribution in [-0.4, -0.2) is 32.5 Å². The van der Waals surface area contributed by atoms with Crippen LogP contribution in [-0.2, 0) is 16.0 Å². The summed E-state index contributed by atoms with van der Waals surface area (Å²) < 4.78 is 16.5. The molecule has 0 saturated heterocycles. The van der Waals surface area contributed by atoms with E-state index in [4.69, 9.17) is 19.9 Å². The highest BCUT2D eigenvalue weighted by molar-refractivity contribution is 5.26. The number of nitrogens with two attached hydrogens (primary N) is 1. The molecule has 0 spiro atoms. The SMILES string of the molecule is COC(C)(C)CCOCCCOc1ccc(CN)cc1. The number of hydrogen-bond donors (Lipinski definition) is 1. The van der Waals surface area contributed by atoms with Gasteiger partial charge in [0.15, 0.2) is 0 Å². The molecule has 0 aliphatic carbocycles. The Balaban J connectivity index is 2.04. The molecule has 0 aromatic heterocycles. The average molecular weight is 281 g/mol. The topological polar surface area (TPSA) is 53.7 Å². The zero-order valence-electron chi connectivity index (χ0n) is 12.9. The molecule has 0 atom stereocenters. The summed E-state index contributed by atoms with van der Waals surface area (Å²) in [4.78, 5) is 0. The van der Waals surface area contributed by atoms with Crippen LogP contribution in [0.2, 0.25) is 0 Å². The molecule has 0 fully saturated rings. The van der Waals surface area contributed by atoms with Crippen molar-refractivity contribution in [2.75, 3.05) is 26.9 Å². The van der Waals surface area contributed by atoms with Gasteiger partial charge in [0.2, 0.25) is 0 Å². The molecule has 1 aromatic carbocycles. The minimum atomic E-state index is -0.110. The molecule has 1 rings (SSSR count). The van der Waals surface area contributed by atoms with E-state index in [0.29, 0.717) is 26.4 Å². The van der Waals surface area contributed by atoms with Crippen LogP contribution in [0.25, 0.3) is 0 Å². The molecular weight excluding hydrogens is 254 g/mol. The Hall–Kier alpha value is -1.10. The molecule has 0 unspecified atom stereocenters. The molecule has 1 aromatic rings. The molecule has 0 amide bonds. The molecule has 0 radical (unpaired) electrons. The van der Waals surface area contributed by atoms with Crippen molar-refractivity contribution in [3.8, 4) is 5.75 Å². The minimum Gasteiger partial charge on any atom is -0.494 e. The highest BCUT2D eigenvalue weighted by atomic mass is 16.5. The minimum absolute atomic E-state index is 0.110. The summed E-state index contributed by atoms with van der Waals surface area (Å²) in [6.07, 6.45) is 1.77. The van der Waals surface area contributed by atoms with Gasteiger partial charge in [0.1, 0.15) is 5.75 Å². The summed E-state index contributed by atoms with van der Waals surface area (Å²) in [5.41, 5.74) is 6.54. The number of benzene rings is 1. The third kappa shape index (κ3) is 6.89. The molecule has 0 aliphatic heterocycles. The maximum Gasteiger partial charge on any atom is 0.119 e. The lowest BCUT2D eigenvalue weighted by Crippen LogP contribution is -2.24. The summed E-state index contributed by atoms with van der Waals surface area (Å²) >= 11 is 0. The molecule has 0 bridgehead atoms. The van der Waals surface area contributed by atoms with E-state index in [0.717, 1.165) is 24.2 Å². The van der Waals surface area contributed by atoms with Crippen molar-refractivity contribution >= 4 is 0 Å². The molecular formula is C16H27NO3. The van der Waals surface area contributed by atoms with E-state index in [2.05, 4.69) is 13.8 Å². The average Bonchev–Trinajstić information content (AvgIpc) is 2.47. The second kappa shape index (κ2) is 8.95. The zero-order chi connectivity index (χ0) is 14.8. The monoisotopic (exact) mass is 281 g/mol. The van der Waals surface area contributed by atoms with Gasteiger partial charge < -0.3 is 19.9 Å². The van der Waals surface area contributed by atoms with Crippen molar-refractivity contribution in [1.82, 2.24) is 0 Å². The fourth-order valence-corrected chi connectivity index (χ4v) is 1.59. The van der Waals surface area contributed by atoms with E-state index in [-0.39, 0.29) is 5.60 Å². The third-order valence-corrected chi connectivity index (χ3v) is 3.26. The molecule has 114 valence electrons. The number of hydrogen-bond acceptors (Lipinski definition) is 4. The largest absolute Gasteiger partial charge is 0.494 e. The predicted octanol–water partition coefficient (Wildman–Crippen LogP) is 2.75. The van der Waals surface area contributed by atoms with Crippen LogP contribution in [0.15, 0.2) is 24.3 Å². The lowest BCUT2D eigenvalue weighted by atomic mass is 10.1. The first-order valence-electron chi connectivity index (χ1n) is 7.12. The summed E-state index contributed by atoms with van der Waals surface area (Å²) in [5.74, 6) is 0.878. The van der Waals surface area contributed by atoms with E-state index < -0.39 is 0 Å². The van der Waals surface area contributed by atoms with Crippen molar-refractivity contribution in [3.63, 3.8) is 0 Å². The quantitative estimate of drug-likeness (QED) is 0.670. The molecule has 0 heterocycles. The van der Waals surface area contributed by atoms with Gasteiger partial charge >= 0.3 is 0 Å². The van der Waals surface area contributed by atoms with Gasteiger partial charge in [-0.25, -0.2) is 0 Å². The standard InChI is InChI=1S/C16H27NO3/c1-16(2,18-3)9-12-19-10-4-11-20-15-7-5-14(13-17)6-8-15/h5-8H,4,9-13,17H2,1-3H3. The lowest BCUT2D eigenvalue weighted by molar-refractivity contribution is -0.0107. The normalized spacial score (nSPS) is 11.6. The van der Waals surface area contributed by atoms with Crippen LogP contribution in [0, 0.1) is 0 Å². The maximum absolute atomic E-state index is 5.63. The van der Waals surface area contributed by atoms with Crippen LogP contribution in [0.3, 0.4) is 0 Å². The molecule has 0 aliphatic rings.